The van der Waals surface area contributed by atoms with Crippen molar-refractivity contribution in [3.63, 3.8) is 0 Å². The first kappa shape index (κ1) is 13.9. The summed E-state index contributed by atoms with van der Waals surface area (Å²) in [5.74, 6) is 0.536. The van der Waals surface area contributed by atoms with Crippen LogP contribution in [0.5, 0.6) is 0 Å². The molecule has 7 heteroatoms. The van der Waals surface area contributed by atoms with E-state index in [4.69, 9.17) is 0 Å². The second-order valence-electron chi connectivity index (χ2n) is 4.78. The lowest BCUT2D eigenvalue weighted by atomic mass is 10.2. The molecule has 2 heterocycles. The molecule has 2 aromatic carbocycles. The second kappa shape index (κ2) is 5.17. The van der Waals surface area contributed by atoms with Crippen molar-refractivity contribution in [3.05, 3.63) is 61.0 Å². The molecule has 0 unspecified atom stereocenters. The van der Waals surface area contributed by atoms with Crippen LogP contribution in [0.15, 0.2) is 51.7 Å². The van der Waals surface area contributed by atoms with Crippen molar-refractivity contribution >= 4 is 55.1 Å². The van der Waals surface area contributed by atoms with Gasteiger partial charge in [0.2, 0.25) is 0 Å². The van der Waals surface area contributed by atoms with E-state index in [-0.39, 0.29) is 5.69 Å². The maximum absolute atomic E-state index is 12.3. The first-order valence-electron chi connectivity index (χ1n) is 6.47. The molecular formula is C15H8BrIN4O. The number of aromatic nitrogens is 4. The minimum Gasteiger partial charge on any atom is -0.304 e. The molecule has 108 valence electrons. The highest BCUT2D eigenvalue weighted by molar-refractivity contribution is 14.1. The van der Waals surface area contributed by atoms with Crippen LogP contribution in [-0.2, 0) is 0 Å². The monoisotopic (exact) mass is 466 g/mol. The van der Waals surface area contributed by atoms with Crippen molar-refractivity contribution in [2.75, 3.05) is 0 Å². The van der Waals surface area contributed by atoms with E-state index in [9.17, 15) is 4.79 Å². The Kier molecular flexibility index (Phi) is 3.26. The number of halogens is 2. The van der Waals surface area contributed by atoms with Gasteiger partial charge in [-0.15, -0.1) is 5.10 Å². The number of nitrogens with zero attached hydrogens (tertiary/aromatic N) is 3. The number of benzene rings is 2. The molecule has 0 fully saturated rings. The minimum absolute atomic E-state index is 0.294. The Morgan fingerprint density at radius 2 is 1.95 bits per heavy atom. The summed E-state index contributed by atoms with van der Waals surface area (Å²) < 4.78 is 3.20. The molecule has 22 heavy (non-hydrogen) atoms. The molecule has 0 radical (unpaired) electrons. The van der Waals surface area contributed by atoms with E-state index in [1.807, 2.05) is 42.5 Å². The zero-order valence-corrected chi connectivity index (χ0v) is 14.8. The number of hydrogen-bond donors (Lipinski definition) is 1. The minimum atomic E-state index is -0.294. The molecule has 0 saturated carbocycles. The lowest BCUT2D eigenvalue weighted by Gasteiger charge is -2.02. The Morgan fingerprint density at radius 1 is 1.18 bits per heavy atom. The van der Waals surface area contributed by atoms with Crippen LogP contribution in [0.4, 0.5) is 0 Å². The Morgan fingerprint density at radius 3 is 2.73 bits per heavy atom. The fraction of sp³-hybridized carbons (Fsp3) is 0. The maximum atomic E-state index is 12.3. The van der Waals surface area contributed by atoms with Crippen molar-refractivity contribution in [1.82, 2.24) is 19.6 Å². The fourth-order valence-corrected chi connectivity index (χ4v) is 4.02. The van der Waals surface area contributed by atoms with Crippen LogP contribution in [0.25, 0.3) is 27.9 Å². The Hall–Kier alpha value is -1.74. The zero-order valence-electron chi connectivity index (χ0n) is 11.0. The molecule has 0 saturated heterocycles. The molecule has 2 aromatic heterocycles. The lowest BCUT2D eigenvalue weighted by molar-refractivity contribution is 0.884. The Balaban J connectivity index is 2.13. The van der Waals surface area contributed by atoms with Gasteiger partial charge in [-0.3, -0.25) is 0 Å². The predicted octanol–water partition coefficient (Wildman–Crippen LogP) is 3.60. The number of H-pyrrole nitrogens is 1. The molecule has 1 N–H and O–H groups in total. The molecule has 0 aliphatic carbocycles. The topological polar surface area (TPSA) is 63.0 Å². The van der Waals surface area contributed by atoms with Crippen LogP contribution in [0.3, 0.4) is 0 Å². The van der Waals surface area contributed by atoms with Gasteiger partial charge in [-0.05, 0) is 34.7 Å². The molecular weight excluding hydrogens is 459 g/mol. The Labute approximate surface area is 146 Å². The number of aromatic amines is 1. The van der Waals surface area contributed by atoms with E-state index in [1.165, 1.54) is 4.52 Å². The first-order valence-corrected chi connectivity index (χ1v) is 8.34. The fourth-order valence-electron chi connectivity index (χ4n) is 2.37. The first-order chi connectivity index (χ1) is 10.6. The van der Waals surface area contributed by atoms with Gasteiger partial charge in [0, 0.05) is 19.0 Å². The van der Waals surface area contributed by atoms with Crippen LogP contribution < -0.4 is 5.69 Å². The smallest absolute Gasteiger partial charge is 0.304 e. The number of rotatable bonds is 1. The molecule has 0 atom stereocenters. The average molecular weight is 467 g/mol. The van der Waals surface area contributed by atoms with Gasteiger partial charge in [-0.2, -0.15) is 4.52 Å². The summed E-state index contributed by atoms with van der Waals surface area (Å²) in [6, 6.07) is 13.5. The summed E-state index contributed by atoms with van der Waals surface area (Å²) in [6.07, 6.45) is 0. The predicted molar refractivity (Wildman–Crippen MR) is 97.0 cm³/mol. The van der Waals surface area contributed by atoms with E-state index >= 15 is 0 Å². The maximum Gasteiger partial charge on any atom is 0.348 e. The van der Waals surface area contributed by atoms with E-state index in [0.29, 0.717) is 11.5 Å². The number of hydrogen-bond acceptors (Lipinski definition) is 3. The van der Waals surface area contributed by atoms with E-state index in [1.54, 1.807) is 0 Å². The lowest BCUT2D eigenvalue weighted by Crippen LogP contribution is -2.17. The summed E-state index contributed by atoms with van der Waals surface area (Å²) in [7, 11) is 0. The second-order valence-corrected chi connectivity index (χ2v) is 6.86. The standard InChI is InChI=1S/C15H8BrIN4O/c16-9-6-10-12(11(17)7-9)18-15(22)21-14(10)19-13(20-21)8-4-2-1-3-5-8/h1-7H,(H,18,22). The van der Waals surface area contributed by atoms with Gasteiger partial charge in [0.15, 0.2) is 11.5 Å². The van der Waals surface area contributed by atoms with Gasteiger partial charge in [0.25, 0.3) is 0 Å². The van der Waals surface area contributed by atoms with Crippen LogP contribution >= 0.6 is 38.5 Å². The summed E-state index contributed by atoms with van der Waals surface area (Å²) in [5.41, 5.74) is 1.91. The van der Waals surface area contributed by atoms with Crippen LogP contribution in [0.2, 0.25) is 0 Å². The number of nitrogens with one attached hydrogen (secondary N) is 1. The SMILES string of the molecule is O=c1[nH]c2c(I)cc(Br)cc2c2nc(-c3ccccc3)nn12. The summed E-state index contributed by atoms with van der Waals surface area (Å²) in [6.45, 7) is 0. The molecule has 0 spiro atoms. The van der Waals surface area contributed by atoms with Gasteiger partial charge in [0.05, 0.1) is 5.52 Å². The van der Waals surface area contributed by atoms with Crippen molar-refractivity contribution in [2.45, 2.75) is 0 Å². The summed E-state index contributed by atoms with van der Waals surface area (Å²) in [4.78, 5) is 19.7. The van der Waals surface area contributed by atoms with E-state index in [0.717, 1.165) is 24.5 Å². The molecule has 4 rings (SSSR count). The molecule has 0 bridgehead atoms. The van der Waals surface area contributed by atoms with Gasteiger partial charge in [0.1, 0.15) is 0 Å². The summed E-state index contributed by atoms with van der Waals surface area (Å²) >= 11 is 5.68. The van der Waals surface area contributed by atoms with Crippen molar-refractivity contribution in [2.24, 2.45) is 0 Å². The van der Waals surface area contributed by atoms with Gasteiger partial charge >= 0.3 is 5.69 Å². The van der Waals surface area contributed by atoms with Crippen molar-refractivity contribution in [1.29, 1.82) is 0 Å². The third kappa shape index (κ3) is 2.15. The highest BCUT2D eigenvalue weighted by Gasteiger charge is 2.14. The summed E-state index contributed by atoms with van der Waals surface area (Å²) in [5, 5.41) is 5.19. The van der Waals surface area contributed by atoms with Gasteiger partial charge in [-0.1, -0.05) is 46.3 Å². The normalized spacial score (nSPS) is 11.4. The largest absolute Gasteiger partial charge is 0.348 e. The molecule has 0 amide bonds. The highest BCUT2D eigenvalue weighted by Crippen LogP contribution is 2.26. The zero-order chi connectivity index (χ0) is 15.3. The Bertz CT molecular complexity index is 1070. The third-order valence-electron chi connectivity index (χ3n) is 3.36. The third-order valence-corrected chi connectivity index (χ3v) is 4.67. The van der Waals surface area contributed by atoms with Crippen molar-refractivity contribution in [3.8, 4) is 11.4 Å². The molecule has 0 aliphatic heterocycles. The molecule has 4 aromatic rings. The van der Waals surface area contributed by atoms with Crippen molar-refractivity contribution < 1.29 is 0 Å². The van der Waals surface area contributed by atoms with Crippen LogP contribution in [-0.4, -0.2) is 19.6 Å². The quantitative estimate of drug-likeness (QED) is 0.436. The van der Waals surface area contributed by atoms with E-state index in [2.05, 4.69) is 53.6 Å². The molecule has 5 nitrogen and oxygen atoms in total. The average Bonchev–Trinajstić information content (AvgIpc) is 2.96. The van der Waals surface area contributed by atoms with Gasteiger partial charge in [-0.25, -0.2) is 9.78 Å². The molecule has 0 aliphatic rings. The van der Waals surface area contributed by atoms with Crippen LogP contribution in [0, 0.1) is 3.57 Å². The number of fused-ring (bicyclic) bond motifs is 3. The highest BCUT2D eigenvalue weighted by atomic mass is 127. The van der Waals surface area contributed by atoms with Crippen LogP contribution in [0.1, 0.15) is 0 Å². The van der Waals surface area contributed by atoms with E-state index < -0.39 is 0 Å². The van der Waals surface area contributed by atoms with Gasteiger partial charge < -0.3 is 4.98 Å².